The summed E-state index contributed by atoms with van der Waals surface area (Å²) in [6.45, 7) is 3.51. The van der Waals surface area contributed by atoms with Crippen LogP contribution in [0.2, 0.25) is 0 Å². The van der Waals surface area contributed by atoms with E-state index < -0.39 is 11.9 Å². The van der Waals surface area contributed by atoms with Crippen LogP contribution in [0.3, 0.4) is 0 Å². The van der Waals surface area contributed by atoms with Crippen molar-refractivity contribution in [3.8, 4) is 5.75 Å². The SMILES string of the molecule is Cc1c(O)ccc2c(C(C)C(=O)O)csc12. The van der Waals surface area contributed by atoms with Gasteiger partial charge in [0.05, 0.1) is 5.92 Å². The first kappa shape index (κ1) is 11.0. The molecule has 0 amide bonds. The number of phenolic OH excluding ortho intramolecular Hbond substituents is 1. The van der Waals surface area contributed by atoms with Crippen molar-refractivity contribution in [1.82, 2.24) is 0 Å². The minimum Gasteiger partial charge on any atom is -0.508 e. The molecule has 2 aromatic rings. The van der Waals surface area contributed by atoms with Gasteiger partial charge >= 0.3 is 5.97 Å². The van der Waals surface area contributed by atoms with Crippen LogP contribution in [0.15, 0.2) is 17.5 Å². The molecule has 0 spiro atoms. The third-order valence-electron chi connectivity index (χ3n) is 2.83. The molecule has 4 heteroatoms. The molecule has 16 heavy (non-hydrogen) atoms. The predicted molar refractivity (Wildman–Crippen MR) is 64.3 cm³/mol. The van der Waals surface area contributed by atoms with E-state index >= 15 is 0 Å². The van der Waals surface area contributed by atoms with E-state index in [1.165, 1.54) is 11.3 Å². The number of hydrogen-bond acceptors (Lipinski definition) is 3. The molecule has 1 unspecified atom stereocenters. The first-order valence-electron chi connectivity index (χ1n) is 4.95. The minimum absolute atomic E-state index is 0.254. The number of thiophene rings is 1. The molecule has 3 nitrogen and oxygen atoms in total. The number of carboxylic acid groups (broad SMARTS) is 1. The van der Waals surface area contributed by atoms with Crippen LogP contribution in [0, 0.1) is 6.92 Å². The van der Waals surface area contributed by atoms with Gasteiger partial charge in [-0.25, -0.2) is 0 Å². The van der Waals surface area contributed by atoms with E-state index in [1.54, 1.807) is 19.1 Å². The zero-order valence-corrected chi connectivity index (χ0v) is 9.84. The van der Waals surface area contributed by atoms with Crippen LogP contribution in [0.4, 0.5) is 0 Å². The molecule has 2 N–H and O–H groups in total. The summed E-state index contributed by atoms with van der Waals surface area (Å²) in [5, 5.41) is 21.3. The van der Waals surface area contributed by atoms with Gasteiger partial charge < -0.3 is 10.2 Å². The molecule has 0 saturated heterocycles. The van der Waals surface area contributed by atoms with Gasteiger partial charge in [0.15, 0.2) is 0 Å². The Balaban J connectivity index is 2.67. The Hall–Kier alpha value is -1.55. The Bertz CT molecular complexity index is 557. The summed E-state index contributed by atoms with van der Waals surface area (Å²) in [4.78, 5) is 10.9. The molecule has 0 bridgehead atoms. The Morgan fingerprint density at radius 3 is 2.75 bits per heavy atom. The van der Waals surface area contributed by atoms with Crippen molar-refractivity contribution in [3.05, 3.63) is 28.6 Å². The normalized spacial score (nSPS) is 12.9. The van der Waals surface area contributed by atoms with Crippen LogP contribution in [0.5, 0.6) is 5.75 Å². The number of carboxylic acids is 1. The Labute approximate surface area is 97.0 Å². The molecular formula is C12H12O3S. The van der Waals surface area contributed by atoms with Crippen molar-refractivity contribution < 1.29 is 15.0 Å². The lowest BCUT2D eigenvalue weighted by Crippen LogP contribution is -2.06. The van der Waals surface area contributed by atoms with Gasteiger partial charge in [-0.05, 0) is 42.3 Å². The van der Waals surface area contributed by atoms with Crippen molar-refractivity contribution in [2.45, 2.75) is 19.8 Å². The number of hydrogen-bond donors (Lipinski definition) is 2. The van der Waals surface area contributed by atoms with E-state index in [9.17, 15) is 9.90 Å². The highest BCUT2D eigenvalue weighted by Gasteiger charge is 2.18. The van der Waals surface area contributed by atoms with Crippen LogP contribution < -0.4 is 0 Å². The lowest BCUT2D eigenvalue weighted by molar-refractivity contribution is -0.138. The van der Waals surface area contributed by atoms with Crippen molar-refractivity contribution in [1.29, 1.82) is 0 Å². The highest BCUT2D eigenvalue weighted by atomic mass is 32.1. The highest BCUT2D eigenvalue weighted by Crippen LogP contribution is 2.36. The maximum atomic E-state index is 10.9. The summed E-state index contributed by atoms with van der Waals surface area (Å²) in [5.74, 6) is -1.09. The smallest absolute Gasteiger partial charge is 0.310 e. The second-order valence-electron chi connectivity index (χ2n) is 3.84. The zero-order chi connectivity index (χ0) is 11.9. The van der Waals surface area contributed by atoms with Gasteiger partial charge in [0, 0.05) is 10.3 Å². The predicted octanol–water partition coefficient (Wildman–Crippen LogP) is 3.10. The average molecular weight is 236 g/mol. The number of aryl methyl sites for hydroxylation is 1. The number of rotatable bonds is 2. The fraction of sp³-hybridized carbons (Fsp3) is 0.250. The molecule has 0 saturated carbocycles. The topological polar surface area (TPSA) is 57.5 Å². The summed E-state index contributed by atoms with van der Waals surface area (Å²) < 4.78 is 0.961. The third-order valence-corrected chi connectivity index (χ3v) is 3.96. The molecular weight excluding hydrogens is 224 g/mol. The number of aromatic hydroxyl groups is 1. The molecule has 1 aromatic carbocycles. The fourth-order valence-corrected chi connectivity index (χ4v) is 2.88. The average Bonchev–Trinajstić information content (AvgIpc) is 2.66. The first-order valence-corrected chi connectivity index (χ1v) is 5.82. The van der Waals surface area contributed by atoms with Gasteiger partial charge in [0.25, 0.3) is 0 Å². The van der Waals surface area contributed by atoms with Gasteiger partial charge in [0.2, 0.25) is 0 Å². The van der Waals surface area contributed by atoms with E-state index in [0.29, 0.717) is 0 Å². The molecule has 1 atom stereocenters. The molecule has 1 aromatic heterocycles. The van der Waals surface area contributed by atoms with E-state index in [1.807, 2.05) is 12.3 Å². The number of carbonyl (C=O) groups is 1. The van der Waals surface area contributed by atoms with Gasteiger partial charge in [0.1, 0.15) is 5.75 Å². The monoisotopic (exact) mass is 236 g/mol. The summed E-state index contributed by atoms with van der Waals surface area (Å²) in [6, 6.07) is 3.39. The summed E-state index contributed by atoms with van der Waals surface area (Å²) in [7, 11) is 0. The van der Waals surface area contributed by atoms with Crippen LogP contribution in [0.25, 0.3) is 10.1 Å². The minimum atomic E-state index is -0.828. The number of fused-ring (bicyclic) bond motifs is 1. The van der Waals surface area contributed by atoms with Crippen molar-refractivity contribution >= 4 is 27.4 Å². The van der Waals surface area contributed by atoms with Crippen LogP contribution in [-0.4, -0.2) is 16.2 Å². The second kappa shape index (κ2) is 3.79. The van der Waals surface area contributed by atoms with Crippen LogP contribution >= 0.6 is 11.3 Å². The molecule has 84 valence electrons. The second-order valence-corrected chi connectivity index (χ2v) is 4.72. The fourth-order valence-electron chi connectivity index (χ4n) is 1.71. The maximum Gasteiger partial charge on any atom is 0.310 e. The van der Waals surface area contributed by atoms with Crippen molar-refractivity contribution in [3.63, 3.8) is 0 Å². The van der Waals surface area contributed by atoms with Crippen molar-refractivity contribution in [2.24, 2.45) is 0 Å². The van der Waals surface area contributed by atoms with Crippen LogP contribution in [0.1, 0.15) is 24.0 Å². The maximum absolute atomic E-state index is 10.9. The summed E-state index contributed by atoms with van der Waals surface area (Å²) >= 11 is 1.48. The lowest BCUT2D eigenvalue weighted by atomic mass is 9.99. The quantitative estimate of drug-likeness (QED) is 0.842. The molecule has 0 radical (unpaired) electrons. The van der Waals surface area contributed by atoms with E-state index in [4.69, 9.17) is 5.11 Å². The third kappa shape index (κ3) is 1.55. The largest absolute Gasteiger partial charge is 0.508 e. The Morgan fingerprint density at radius 2 is 2.12 bits per heavy atom. The highest BCUT2D eigenvalue weighted by molar-refractivity contribution is 7.17. The first-order chi connectivity index (χ1) is 7.52. The Morgan fingerprint density at radius 1 is 1.44 bits per heavy atom. The van der Waals surface area contributed by atoms with E-state index in [2.05, 4.69) is 0 Å². The van der Waals surface area contributed by atoms with Crippen molar-refractivity contribution in [2.75, 3.05) is 0 Å². The van der Waals surface area contributed by atoms with Gasteiger partial charge in [-0.2, -0.15) is 0 Å². The number of benzene rings is 1. The Kier molecular flexibility index (Phi) is 2.59. The molecule has 0 aliphatic heterocycles. The molecule has 0 aliphatic rings. The lowest BCUT2D eigenvalue weighted by Gasteiger charge is -2.05. The summed E-state index contributed by atoms with van der Waals surface area (Å²) in [5.41, 5.74) is 1.63. The standard InChI is InChI=1S/C12H12O3S/c1-6(12(14)15)9-5-16-11-7(2)10(13)4-3-8(9)11/h3-6,13H,1-2H3,(H,14,15). The number of aliphatic carboxylic acids is 1. The van der Waals surface area contributed by atoms with Crippen LogP contribution in [-0.2, 0) is 4.79 Å². The molecule has 2 rings (SSSR count). The van der Waals surface area contributed by atoms with Gasteiger partial charge in [-0.15, -0.1) is 11.3 Å². The zero-order valence-electron chi connectivity index (χ0n) is 9.02. The molecule has 1 heterocycles. The number of phenols is 1. The van der Waals surface area contributed by atoms with E-state index in [-0.39, 0.29) is 5.75 Å². The summed E-state index contributed by atoms with van der Waals surface area (Å²) in [6.07, 6.45) is 0. The van der Waals surface area contributed by atoms with E-state index in [0.717, 1.165) is 21.2 Å². The molecule has 0 aliphatic carbocycles. The van der Waals surface area contributed by atoms with Gasteiger partial charge in [-0.1, -0.05) is 0 Å². The van der Waals surface area contributed by atoms with Gasteiger partial charge in [-0.3, -0.25) is 4.79 Å². The molecule has 0 fully saturated rings.